The predicted octanol–water partition coefficient (Wildman–Crippen LogP) is 4.50. The Labute approximate surface area is 231 Å². The van der Waals surface area contributed by atoms with Gasteiger partial charge in [-0.15, -0.1) is 0 Å². The van der Waals surface area contributed by atoms with Crippen LogP contribution in [0.15, 0.2) is 48.5 Å². The van der Waals surface area contributed by atoms with Gasteiger partial charge in [-0.1, -0.05) is 24.3 Å². The number of anilines is 1. The Balaban J connectivity index is 1.09. The van der Waals surface area contributed by atoms with E-state index < -0.39 is 17.3 Å². The molecular weight excluding hydrogens is 525 g/mol. The zero-order valence-corrected chi connectivity index (χ0v) is 22.2. The molecule has 3 aliphatic rings. The first-order chi connectivity index (χ1) is 19.1. The van der Waals surface area contributed by atoms with Gasteiger partial charge in [0.05, 0.1) is 12.1 Å². The summed E-state index contributed by atoms with van der Waals surface area (Å²) in [5.41, 5.74) is 1.22. The molecule has 0 atom stereocenters. The van der Waals surface area contributed by atoms with Gasteiger partial charge in [-0.2, -0.15) is 13.2 Å². The molecule has 3 amide bonds. The van der Waals surface area contributed by atoms with Crippen LogP contribution in [0.2, 0.25) is 0 Å². The molecule has 0 saturated carbocycles. The van der Waals surface area contributed by atoms with Gasteiger partial charge >= 0.3 is 12.3 Å². The molecule has 3 heterocycles. The molecule has 2 aromatic rings. The summed E-state index contributed by atoms with van der Waals surface area (Å²) in [4.78, 5) is 41.7. The number of halogens is 3. The Morgan fingerprint density at radius 2 is 1.55 bits per heavy atom. The molecule has 3 saturated heterocycles. The smallest absolute Gasteiger partial charge is 0.416 e. The molecule has 214 valence electrons. The van der Waals surface area contributed by atoms with Crippen molar-refractivity contribution in [3.05, 3.63) is 65.2 Å². The van der Waals surface area contributed by atoms with Crippen LogP contribution < -0.4 is 5.32 Å². The molecule has 8 nitrogen and oxygen atoms in total. The number of likely N-dealkylation sites (tertiary alicyclic amines) is 2. The first-order valence-electron chi connectivity index (χ1n) is 13.6. The largest absolute Gasteiger partial charge is 0.441 e. The van der Waals surface area contributed by atoms with Crippen LogP contribution in [0.5, 0.6) is 0 Å². The van der Waals surface area contributed by atoms with E-state index >= 15 is 0 Å². The van der Waals surface area contributed by atoms with Gasteiger partial charge in [-0.3, -0.25) is 19.4 Å². The van der Waals surface area contributed by atoms with Gasteiger partial charge in [-0.05, 0) is 48.2 Å². The molecule has 0 radical (unpaired) electrons. The van der Waals surface area contributed by atoms with E-state index in [0.29, 0.717) is 77.2 Å². The molecule has 2 aromatic carbocycles. The lowest BCUT2D eigenvalue weighted by Crippen LogP contribution is -2.46. The zero-order chi connectivity index (χ0) is 28.3. The Hall–Kier alpha value is -3.60. The first kappa shape index (κ1) is 27.9. The third-order valence-electron chi connectivity index (χ3n) is 8.14. The summed E-state index contributed by atoms with van der Waals surface area (Å²) in [6.45, 7) is 3.98. The summed E-state index contributed by atoms with van der Waals surface area (Å²) in [6.07, 6.45) is -1.26. The number of nitrogens with one attached hydrogen (secondary N) is 1. The Morgan fingerprint density at radius 3 is 2.15 bits per heavy atom. The van der Waals surface area contributed by atoms with Crippen LogP contribution in [0, 0.1) is 5.92 Å². The number of piperidine rings is 2. The quantitative estimate of drug-likeness (QED) is 0.507. The highest BCUT2D eigenvalue weighted by molar-refractivity contribution is 5.92. The molecule has 0 bridgehead atoms. The molecule has 1 spiro atoms. The molecule has 5 rings (SSSR count). The molecular formula is C29H33F3N4O4. The fourth-order valence-electron chi connectivity index (χ4n) is 5.68. The van der Waals surface area contributed by atoms with Crippen molar-refractivity contribution < 1.29 is 32.3 Å². The van der Waals surface area contributed by atoms with Crippen molar-refractivity contribution in [3.8, 4) is 0 Å². The average Bonchev–Trinajstić information content (AvgIpc) is 3.25. The third kappa shape index (κ3) is 6.57. The molecule has 0 aliphatic carbocycles. The molecule has 0 aromatic heterocycles. The van der Waals surface area contributed by atoms with E-state index in [-0.39, 0.29) is 17.9 Å². The van der Waals surface area contributed by atoms with Crippen molar-refractivity contribution in [3.63, 3.8) is 0 Å². The lowest BCUT2D eigenvalue weighted by Gasteiger charge is -2.37. The number of hydrogen-bond donors (Lipinski definition) is 1. The normalized spacial score (nSPS) is 20.0. The highest BCUT2D eigenvalue weighted by Crippen LogP contribution is 2.35. The summed E-state index contributed by atoms with van der Waals surface area (Å²) >= 11 is 0. The summed E-state index contributed by atoms with van der Waals surface area (Å²) < 4.78 is 44.3. The van der Waals surface area contributed by atoms with Crippen molar-refractivity contribution in [1.82, 2.24) is 14.7 Å². The van der Waals surface area contributed by atoms with Gasteiger partial charge in [0.2, 0.25) is 12.3 Å². The van der Waals surface area contributed by atoms with Crippen molar-refractivity contribution >= 4 is 24.1 Å². The lowest BCUT2D eigenvalue weighted by molar-refractivity contribution is -0.137. The van der Waals surface area contributed by atoms with E-state index in [1.807, 2.05) is 24.3 Å². The number of carbonyl (C=O) groups excluding carboxylic acids is 3. The monoisotopic (exact) mass is 558 g/mol. The topological polar surface area (TPSA) is 82.2 Å². The molecule has 40 heavy (non-hydrogen) atoms. The number of alkyl halides is 3. The van der Waals surface area contributed by atoms with Crippen LogP contribution in [0.25, 0.3) is 0 Å². The molecule has 1 N–H and O–H groups in total. The summed E-state index contributed by atoms with van der Waals surface area (Å²) in [5, 5.41) is 2.95. The highest BCUT2D eigenvalue weighted by Gasteiger charge is 2.46. The van der Waals surface area contributed by atoms with Crippen molar-refractivity contribution in [2.45, 2.75) is 50.6 Å². The maximum Gasteiger partial charge on any atom is 0.416 e. The van der Waals surface area contributed by atoms with Gasteiger partial charge in [0.1, 0.15) is 5.60 Å². The van der Waals surface area contributed by atoms with Crippen LogP contribution in [0.4, 0.5) is 23.7 Å². The van der Waals surface area contributed by atoms with Crippen molar-refractivity contribution in [2.24, 2.45) is 5.92 Å². The van der Waals surface area contributed by atoms with E-state index in [9.17, 15) is 27.6 Å². The number of ether oxygens (including phenoxy) is 1. The minimum Gasteiger partial charge on any atom is -0.441 e. The van der Waals surface area contributed by atoms with Gasteiger partial charge in [0.15, 0.2) is 0 Å². The fourth-order valence-corrected chi connectivity index (χ4v) is 5.68. The number of carbonyl (C=O) groups is 3. The fraction of sp³-hybridized carbons (Fsp3) is 0.483. The zero-order valence-electron chi connectivity index (χ0n) is 22.2. The van der Waals surface area contributed by atoms with Gasteiger partial charge in [0.25, 0.3) is 0 Å². The van der Waals surface area contributed by atoms with Crippen LogP contribution in [-0.4, -0.2) is 71.4 Å². The van der Waals surface area contributed by atoms with E-state index in [1.54, 1.807) is 9.80 Å². The number of amides is 3. The highest BCUT2D eigenvalue weighted by atomic mass is 19.4. The number of nitrogens with zero attached hydrogens (tertiary/aromatic N) is 3. The van der Waals surface area contributed by atoms with Crippen LogP contribution in [0.3, 0.4) is 0 Å². The van der Waals surface area contributed by atoms with Crippen molar-refractivity contribution in [2.75, 3.05) is 38.0 Å². The Morgan fingerprint density at radius 1 is 0.950 bits per heavy atom. The maximum atomic E-state index is 12.8. The molecule has 3 aliphatic heterocycles. The minimum atomic E-state index is -4.34. The second-order valence-electron chi connectivity index (χ2n) is 11.0. The molecule has 3 fully saturated rings. The lowest BCUT2D eigenvalue weighted by atomic mass is 9.91. The van der Waals surface area contributed by atoms with Crippen LogP contribution in [0.1, 0.15) is 42.4 Å². The number of benzene rings is 2. The Bertz CT molecular complexity index is 1200. The second-order valence-corrected chi connectivity index (χ2v) is 11.0. The van der Waals surface area contributed by atoms with Gasteiger partial charge in [-0.25, -0.2) is 4.79 Å². The van der Waals surface area contributed by atoms with E-state index in [1.165, 1.54) is 12.1 Å². The van der Waals surface area contributed by atoms with Gasteiger partial charge < -0.3 is 15.0 Å². The van der Waals surface area contributed by atoms with Crippen molar-refractivity contribution in [1.29, 1.82) is 0 Å². The number of hydrogen-bond acceptors (Lipinski definition) is 5. The SMILES string of the molecule is O=CN1CCC(C(=O)Nc2ccc(CN3CC4(CCN(Cc5ccc(C(F)(F)F)cc5)CC4)OC3=O)cc2)CC1. The number of rotatable bonds is 7. The molecule has 11 heteroatoms. The predicted molar refractivity (Wildman–Crippen MR) is 141 cm³/mol. The minimum absolute atomic E-state index is 0.0481. The summed E-state index contributed by atoms with van der Waals surface area (Å²) in [6, 6.07) is 12.7. The summed E-state index contributed by atoms with van der Waals surface area (Å²) in [7, 11) is 0. The van der Waals surface area contributed by atoms with Gasteiger partial charge in [0, 0.05) is 63.7 Å². The molecule has 0 unspecified atom stereocenters. The summed E-state index contributed by atoms with van der Waals surface area (Å²) in [5.74, 6) is -0.166. The maximum absolute atomic E-state index is 12.8. The van der Waals surface area contributed by atoms with E-state index in [0.717, 1.165) is 29.7 Å². The van der Waals surface area contributed by atoms with Crippen LogP contribution >= 0.6 is 0 Å². The second kappa shape index (κ2) is 11.5. The Kier molecular flexibility index (Phi) is 8.02. The van der Waals surface area contributed by atoms with E-state index in [2.05, 4.69) is 10.2 Å². The average molecular weight is 559 g/mol. The standard InChI is InChI=1S/C29H33F3N4O4/c30-29(31,32)24-5-1-21(2-6-24)17-34-15-11-28(12-16-34)19-36(27(39)40-28)18-22-3-7-25(8-4-22)33-26(38)23-9-13-35(20-37)14-10-23/h1-8,20,23H,9-19H2,(H,33,38). The van der Waals surface area contributed by atoms with E-state index in [4.69, 9.17) is 4.74 Å². The van der Waals surface area contributed by atoms with Crippen LogP contribution in [-0.2, 0) is 33.6 Å². The first-order valence-corrected chi connectivity index (χ1v) is 13.6. The third-order valence-corrected chi connectivity index (χ3v) is 8.14.